The van der Waals surface area contributed by atoms with Crippen LogP contribution in [-0.2, 0) is 9.53 Å². The molecule has 0 radical (unpaired) electrons. The summed E-state index contributed by atoms with van der Waals surface area (Å²) >= 11 is 7.17. The Hall–Kier alpha value is -3.60. The van der Waals surface area contributed by atoms with Crippen LogP contribution in [0.5, 0.6) is 5.75 Å². The van der Waals surface area contributed by atoms with Gasteiger partial charge < -0.3 is 14.8 Å². The summed E-state index contributed by atoms with van der Waals surface area (Å²) in [7, 11) is 0. The summed E-state index contributed by atoms with van der Waals surface area (Å²) < 4.78 is 11.0. The van der Waals surface area contributed by atoms with Gasteiger partial charge in [-0.15, -0.1) is 11.3 Å². The highest BCUT2D eigenvalue weighted by Crippen LogP contribution is 2.37. The predicted octanol–water partition coefficient (Wildman–Crippen LogP) is 6.58. The molecule has 3 rings (SSSR count). The molecule has 0 unspecified atom stereocenters. The minimum atomic E-state index is -0.642. The number of carbonyl (C=O) groups excluding carboxylic acids is 2. The highest BCUT2D eigenvalue weighted by atomic mass is 35.5. The third-order valence-corrected chi connectivity index (χ3v) is 5.75. The molecule has 6 nitrogen and oxygen atoms in total. The van der Waals surface area contributed by atoms with Gasteiger partial charge in [-0.25, -0.2) is 4.79 Å². The fourth-order valence-electron chi connectivity index (χ4n) is 3.13. The summed E-state index contributed by atoms with van der Waals surface area (Å²) in [5.74, 6) is -0.648. The molecule has 0 saturated heterocycles. The lowest BCUT2D eigenvalue weighted by molar-refractivity contribution is -0.112. The smallest absolute Gasteiger partial charge is 0.341 e. The van der Waals surface area contributed by atoms with Crippen LogP contribution in [0.2, 0.25) is 5.02 Å². The summed E-state index contributed by atoms with van der Waals surface area (Å²) in [5, 5.41) is 15.0. The quantitative estimate of drug-likeness (QED) is 0.217. The Bertz CT molecular complexity index is 1260. The van der Waals surface area contributed by atoms with Gasteiger partial charge in [-0.1, -0.05) is 41.9 Å². The van der Waals surface area contributed by atoms with Crippen LogP contribution in [0.4, 0.5) is 5.00 Å². The summed E-state index contributed by atoms with van der Waals surface area (Å²) in [4.78, 5) is 25.8. The number of amides is 1. The molecule has 0 aliphatic rings. The fraction of sp³-hybridized carbons (Fsp3) is 0.192. The van der Waals surface area contributed by atoms with E-state index in [0.717, 1.165) is 5.56 Å². The normalized spacial score (nSPS) is 11.1. The van der Waals surface area contributed by atoms with Crippen LogP contribution >= 0.6 is 22.9 Å². The summed E-state index contributed by atoms with van der Waals surface area (Å²) in [6.45, 7) is 5.67. The van der Waals surface area contributed by atoms with E-state index in [0.29, 0.717) is 26.9 Å². The van der Waals surface area contributed by atoms with Crippen LogP contribution in [0.25, 0.3) is 17.2 Å². The van der Waals surface area contributed by atoms with Gasteiger partial charge in [0.15, 0.2) is 0 Å². The Morgan fingerprint density at radius 1 is 1.18 bits per heavy atom. The highest BCUT2D eigenvalue weighted by Gasteiger charge is 2.24. The SMILES string of the molecule is CCOC(=O)c1c(-c2ccc(Cl)cc2)csc1NC(=O)/C(C#N)=C/c1ccccc1OC(C)C. The zero-order valence-corrected chi connectivity index (χ0v) is 20.5. The van der Waals surface area contributed by atoms with Crippen LogP contribution in [0.3, 0.4) is 0 Å². The minimum Gasteiger partial charge on any atom is -0.490 e. The van der Waals surface area contributed by atoms with Gasteiger partial charge in [-0.2, -0.15) is 5.26 Å². The van der Waals surface area contributed by atoms with Crippen LogP contribution in [0.15, 0.2) is 59.5 Å². The maximum Gasteiger partial charge on any atom is 0.341 e. The number of nitrogens with one attached hydrogen (secondary N) is 1. The van der Waals surface area contributed by atoms with Crippen LogP contribution < -0.4 is 10.1 Å². The fourth-order valence-corrected chi connectivity index (χ4v) is 4.21. The molecule has 0 atom stereocenters. The maximum absolute atomic E-state index is 13.0. The minimum absolute atomic E-state index is 0.0709. The van der Waals surface area contributed by atoms with Crippen molar-refractivity contribution >= 4 is 45.9 Å². The number of ether oxygens (including phenoxy) is 2. The first-order valence-corrected chi connectivity index (χ1v) is 11.8. The molecule has 1 amide bonds. The molecule has 0 saturated carbocycles. The molecule has 0 aliphatic heterocycles. The first-order chi connectivity index (χ1) is 16.3. The average Bonchev–Trinajstić information content (AvgIpc) is 3.22. The van der Waals surface area contributed by atoms with Crippen molar-refractivity contribution in [3.63, 3.8) is 0 Å². The number of carbonyl (C=O) groups is 2. The number of rotatable bonds is 8. The average molecular weight is 495 g/mol. The van der Waals surface area contributed by atoms with Gasteiger partial charge in [-0.3, -0.25) is 4.79 Å². The van der Waals surface area contributed by atoms with E-state index in [4.69, 9.17) is 21.1 Å². The third kappa shape index (κ3) is 6.04. The van der Waals surface area contributed by atoms with E-state index in [2.05, 4.69) is 5.32 Å². The number of esters is 1. The second kappa shape index (κ2) is 11.5. The number of halogens is 1. The van der Waals surface area contributed by atoms with E-state index < -0.39 is 11.9 Å². The number of hydrogen-bond donors (Lipinski definition) is 1. The second-order valence-corrected chi connectivity index (χ2v) is 8.73. The van der Waals surface area contributed by atoms with Crippen LogP contribution in [-0.4, -0.2) is 24.6 Å². The van der Waals surface area contributed by atoms with Gasteiger partial charge in [0.25, 0.3) is 5.91 Å². The first-order valence-electron chi connectivity index (χ1n) is 10.6. The van der Waals surface area contributed by atoms with Crippen molar-refractivity contribution in [1.29, 1.82) is 5.26 Å². The van der Waals surface area contributed by atoms with Gasteiger partial charge in [-0.05, 0) is 50.6 Å². The lowest BCUT2D eigenvalue weighted by Crippen LogP contribution is -2.16. The molecule has 1 heterocycles. The van der Waals surface area contributed by atoms with Crippen molar-refractivity contribution in [2.45, 2.75) is 26.9 Å². The number of benzene rings is 2. The Morgan fingerprint density at radius 2 is 1.88 bits per heavy atom. The standard InChI is InChI=1S/C26H23ClN2O4S/c1-4-32-26(31)23-21(17-9-11-20(27)12-10-17)15-34-25(23)29-24(30)19(14-28)13-18-7-5-6-8-22(18)33-16(2)3/h5-13,15-16H,4H2,1-3H3,(H,29,30)/b19-13+. The summed E-state index contributed by atoms with van der Waals surface area (Å²) in [5.41, 5.74) is 2.05. The van der Waals surface area contributed by atoms with Crippen LogP contribution in [0, 0.1) is 11.3 Å². The molecule has 3 aromatic rings. The molecule has 0 aliphatic carbocycles. The lowest BCUT2D eigenvalue weighted by Gasteiger charge is -2.12. The highest BCUT2D eigenvalue weighted by molar-refractivity contribution is 7.15. The van der Waals surface area contributed by atoms with E-state index in [1.807, 2.05) is 26.0 Å². The molecule has 174 valence electrons. The number of para-hydroxylation sites is 1. The number of nitriles is 1. The number of hydrogen-bond acceptors (Lipinski definition) is 6. The zero-order valence-electron chi connectivity index (χ0n) is 18.9. The summed E-state index contributed by atoms with van der Waals surface area (Å²) in [6.07, 6.45) is 1.39. The third-order valence-electron chi connectivity index (χ3n) is 4.60. The van der Waals surface area contributed by atoms with Crippen molar-refractivity contribution in [3.8, 4) is 22.9 Å². The van der Waals surface area contributed by atoms with Gasteiger partial charge in [0.1, 0.15) is 28.0 Å². The van der Waals surface area contributed by atoms with E-state index in [1.165, 1.54) is 17.4 Å². The van der Waals surface area contributed by atoms with Crippen molar-refractivity contribution < 1.29 is 19.1 Å². The monoisotopic (exact) mass is 494 g/mol. The van der Waals surface area contributed by atoms with Gasteiger partial charge in [0.05, 0.1) is 12.7 Å². The molecule has 0 bridgehead atoms. The van der Waals surface area contributed by atoms with E-state index in [9.17, 15) is 14.9 Å². The molecule has 1 aromatic heterocycles. The number of anilines is 1. The second-order valence-electron chi connectivity index (χ2n) is 7.41. The summed E-state index contributed by atoms with van der Waals surface area (Å²) in [6, 6.07) is 16.1. The Labute approximate surface area is 207 Å². The molecular weight excluding hydrogens is 472 g/mol. The topological polar surface area (TPSA) is 88.4 Å². The molecule has 0 fully saturated rings. The lowest BCUT2D eigenvalue weighted by atomic mass is 10.0. The van der Waals surface area contributed by atoms with Crippen molar-refractivity contribution in [3.05, 3.63) is 75.6 Å². The van der Waals surface area contributed by atoms with E-state index >= 15 is 0 Å². The Kier molecular flexibility index (Phi) is 8.47. The molecule has 34 heavy (non-hydrogen) atoms. The largest absolute Gasteiger partial charge is 0.490 e. The van der Waals surface area contributed by atoms with Crippen molar-refractivity contribution in [1.82, 2.24) is 0 Å². The van der Waals surface area contributed by atoms with Crippen molar-refractivity contribution in [2.24, 2.45) is 0 Å². The van der Waals surface area contributed by atoms with Crippen LogP contribution in [0.1, 0.15) is 36.7 Å². The number of thiophene rings is 1. The molecule has 8 heteroatoms. The maximum atomic E-state index is 13.0. The molecule has 0 spiro atoms. The first kappa shape index (κ1) is 25.0. The van der Waals surface area contributed by atoms with Crippen molar-refractivity contribution in [2.75, 3.05) is 11.9 Å². The molecule has 1 N–H and O–H groups in total. The van der Waals surface area contributed by atoms with Gasteiger partial charge in [0.2, 0.25) is 0 Å². The predicted molar refractivity (Wildman–Crippen MR) is 135 cm³/mol. The van der Waals surface area contributed by atoms with Gasteiger partial charge in [0, 0.05) is 21.5 Å². The Balaban J connectivity index is 1.96. The number of nitrogens with zero attached hydrogens (tertiary/aromatic N) is 1. The molecular formula is C26H23ClN2O4S. The van der Waals surface area contributed by atoms with Gasteiger partial charge >= 0.3 is 5.97 Å². The van der Waals surface area contributed by atoms with E-state index in [1.54, 1.807) is 54.8 Å². The molecule has 2 aromatic carbocycles. The Morgan fingerprint density at radius 3 is 2.53 bits per heavy atom. The zero-order chi connectivity index (χ0) is 24.7. The van der Waals surface area contributed by atoms with E-state index in [-0.39, 0.29) is 23.8 Å².